The minimum absolute atomic E-state index is 0.146. The van der Waals surface area contributed by atoms with E-state index in [1.807, 2.05) is 11.8 Å². The molecule has 0 aromatic carbocycles. The number of ether oxygens (including phenoxy) is 1. The van der Waals surface area contributed by atoms with E-state index in [-0.39, 0.29) is 5.41 Å². The van der Waals surface area contributed by atoms with Gasteiger partial charge < -0.3 is 9.84 Å². The molecule has 0 aromatic rings. The van der Waals surface area contributed by atoms with Crippen molar-refractivity contribution in [2.45, 2.75) is 44.6 Å². The Kier molecular flexibility index (Phi) is 4.14. The molecule has 4 heteroatoms. The topological polar surface area (TPSA) is 46.5 Å². The molecule has 1 N–H and O–H groups in total. The highest BCUT2D eigenvalue weighted by molar-refractivity contribution is 7.99. The number of carboxylic acids is 1. The van der Waals surface area contributed by atoms with Gasteiger partial charge in [0, 0.05) is 6.61 Å². The second-order valence-electron chi connectivity index (χ2n) is 5.05. The van der Waals surface area contributed by atoms with Crippen molar-refractivity contribution in [3.63, 3.8) is 0 Å². The lowest BCUT2D eigenvalue weighted by Crippen LogP contribution is -2.12. The highest BCUT2D eigenvalue weighted by atomic mass is 32.2. The van der Waals surface area contributed by atoms with Gasteiger partial charge in [-0.1, -0.05) is 0 Å². The van der Waals surface area contributed by atoms with Gasteiger partial charge in [0.25, 0.3) is 0 Å². The number of carbonyl (C=O) groups is 1. The molecule has 1 heterocycles. The van der Waals surface area contributed by atoms with E-state index in [4.69, 9.17) is 9.84 Å². The van der Waals surface area contributed by atoms with Crippen LogP contribution in [0.5, 0.6) is 0 Å². The lowest BCUT2D eigenvalue weighted by Gasteiger charge is -2.13. The standard InChI is InChI=1S/C12H20O3S/c13-11(14)8-12(4-5-12)9-16-7-3-10-2-1-6-15-10/h10H,1-9H2,(H,13,14). The summed E-state index contributed by atoms with van der Waals surface area (Å²) >= 11 is 1.91. The van der Waals surface area contributed by atoms with Crippen LogP contribution in [0, 0.1) is 5.41 Å². The van der Waals surface area contributed by atoms with E-state index in [1.165, 1.54) is 12.8 Å². The van der Waals surface area contributed by atoms with Gasteiger partial charge in [0.2, 0.25) is 0 Å². The molecule has 0 amide bonds. The molecular weight excluding hydrogens is 224 g/mol. The van der Waals surface area contributed by atoms with Crippen molar-refractivity contribution in [1.82, 2.24) is 0 Å². The molecule has 1 aliphatic carbocycles. The van der Waals surface area contributed by atoms with Crippen molar-refractivity contribution in [3.05, 3.63) is 0 Å². The monoisotopic (exact) mass is 244 g/mol. The van der Waals surface area contributed by atoms with Gasteiger partial charge in [-0.15, -0.1) is 0 Å². The fraction of sp³-hybridized carbons (Fsp3) is 0.917. The molecule has 1 atom stereocenters. The van der Waals surface area contributed by atoms with Crippen LogP contribution in [-0.2, 0) is 9.53 Å². The maximum Gasteiger partial charge on any atom is 0.303 e. The second-order valence-corrected chi connectivity index (χ2v) is 6.15. The number of aliphatic carboxylic acids is 1. The molecule has 1 saturated carbocycles. The van der Waals surface area contributed by atoms with Gasteiger partial charge in [0.15, 0.2) is 0 Å². The molecular formula is C12H20O3S. The summed E-state index contributed by atoms with van der Waals surface area (Å²) in [7, 11) is 0. The quantitative estimate of drug-likeness (QED) is 0.699. The van der Waals surface area contributed by atoms with Gasteiger partial charge in [0.1, 0.15) is 0 Å². The van der Waals surface area contributed by atoms with Crippen molar-refractivity contribution in [1.29, 1.82) is 0 Å². The fourth-order valence-electron chi connectivity index (χ4n) is 2.25. The highest BCUT2D eigenvalue weighted by Crippen LogP contribution is 2.51. The molecule has 1 aliphatic heterocycles. The first-order valence-electron chi connectivity index (χ1n) is 6.11. The predicted octanol–water partition coefficient (Wildman–Crippen LogP) is 2.54. The normalized spacial score (nSPS) is 26.9. The molecule has 1 unspecified atom stereocenters. The first kappa shape index (κ1) is 12.2. The Morgan fingerprint density at radius 1 is 1.50 bits per heavy atom. The summed E-state index contributed by atoms with van der Waals surface area (Å²) in [5, 5.41) is 8.79. The predicted molar refractivity (Wildman–Crippen MR) is 64.8 cm³/mol. The van der Waals surface area contributed by atoms with Crippen LogP contribution in [-0.4, -0.2) is 35.3 Å². The third-order valence-electron chi connectivity index (χ3n) is 3.50. The van der Waals surface area contributed by atoms with Gasteiger partial charge in [-0.25, -0.2) is 0 Å². The third kappa shape index (κ3) is 3.67. The first-order chi connectivity index (χ1) is 7.70. The molecule has 0 aromatic heterocycles. The number of rotatable bonds is 7. The van der Waals surface area contributed by atoms with Crippen LogP contribution in [0.3, 0.4) is 0 Å². The van der Waals surface area contributed by atoms with E-state index >= 15 is 0 Å². The zero-order valence-electron chi connectivity index (χ0n) is 9.61. The maximum absolute atomic E-state index is 10.7. The molecule has 16 heavy (non-hydrogen) atoms. The minimum Gasteiger partial charge on any atom is -0.481 e. The molecule has 0 bridgehead atoms. The summed E-state index contributed by atoms with van der Waals surface area (Å²) in [6, 6.07) is 0. The maximum atomic E-state index is 10.7. The first-order valence-corrected chi connectivity index (χ1v) is 7.27. The molecule has 2 rings (SSSR count). The van der Waals surface area contributed by atoms with E-state index in [2.05, 4.69) is 0 Å². The fourth-order valence-corrected chi connectivity index (χ4v) is 3.64. The number of hydrogen-bond acceptors (Lipinski definition) is 3. The summed E-state index contributed by atoms with van der Waals surface area (Å²) in [6.45, 7) is 0.929. The average molecular weight is 244 g/mol. The van der Waals surface area contributed by atoms with Gasteiger partial charge >= 0.3 is 5.97 Å². The summed E-state index contributed by atoms with van der Waals surface area (Å²) in [5.41, 5.74) is 0.146. The Hall–Kier alpha value is -0.220. The molecule has 92 valence electrons. The molecule has 2 aliphatic rings. The molecule has 1 saturated heterocycles. The van der Waals surface area contributed by atoms with E-state index in [0.717, 1.165) is 37.4 Å². The van der Waals surface area contributed by atoms with Crippen molar-refractivity contribution >= 4 is 17.7 Å². The summed E-state index contributed by atoms with van der Waals surface area (Å²) < 4.78 is 5.56. The lowest BCUT2D eigenvalue weighted by molar-refractivity contribution is -0.138. The zero-order chi connectivity index (χ0) is 11.4. The zero-order valence-corrected chi connectivity index (χ0v) is 10.4. The number of thioether (sulfide) groups is 1. The summed E-state index contributed by atoms with van der Waals surface area (Å²) in [5.74, 6) is 1.50. The summed E-state index contributed by atoms with van der Waals surface area (Å²) in [6.07, 6.45) is 6.59. The Labute approximate surface area is 101 Å². The van der Waals surface area contributed by atoms with Gasteiger partial charge in [0.05, 0.1) is 12.5 Å². The van der Waals surface area contributed by atoms with Gasteiger partial charge in [-0.3, -0.25) is 4.79 Å². The van der Waals surface area contributed by atoms with Crippen LogP contribution in [0.1, 0.15) is 38.5 Å². The Bertz CT molecular complexity index is 245. The smallest absolute Gasteiger partial charge is 0.303 e. The number of hydrogen-bond donors (Lipinski definition) is 1. The van der Waals surface area contributed by atoms with Crippen molar-refractivity contribution in [2.75, 3.05) is 18.1 Å². The van der Waals surface area contributed by atoms with Gasteiger partial charge in [-0.2, -0.15) is 11.8 Å². The highest BCUT2D eigenvalue weighted by Gasteiger charge is 2.43. The van der Waals surface area contributed by atoms with Crippen molar-refractivity contribution < 1.29 is 14.6 Å². The minimum atomic E-state index is -0.641. The van der Waals surface area contributed by atoms with Crippen LogP contribution in [0.4, 0.5) is 0 Å². The molecule has 2 fully saturated rings. The third-order valence-corrected chi connectivity index (χ3v) is 4.84. The molecule has 3 nitrogen and oxygen atoms in total. The van der Waals surface area contributed by atoms with Crippen LogP contribution < -0.4 is 0 Å². The SMILES string of the molecule is O=C(O)CC1(CSCCC2CCCO2)CC1. The Morgan fingerprint density at radius 2 is 2.31 bits per heavy atom. The largest absolute Gasteiger partial charge is 0.481 e. The van der Waals surface area contributed by atoms with E-state index < -0.39 is 5.97 Å². The number of carboxylic acid groups (broad SMARTS) is 1. The molecule has 0 spiro atoms. The van der Waals surface area contributed by atoms with Gasteiger partial charge in [-0.05, 0) is 49.0 Å². The average Bonchev–Trinajstić information content (AvgIpc) is 2.79. The van der Waals surface area contributed by atoms with Crippen molar-refractivity contribution in [2.24, 2.45) is 5.41 Å². The van der Waals surface area contributed by atoms with Crippen LogP contribution in [0.15, 0.2) is 0 Å². The van der Waals surface area contributed by atoms with Crippen molar-refractivity contribution in [3.8, 4) is 0 Å². The van der Waals surface area contributed by atoms with E-state index in [0.29, 0.717) is 12.5 Å². The molecule has 0 radical (unpaired) electrons. The van der Waals surface area contributed by atoms with Crippen LogP contribution >= 0.6 is 11.8 Å². The van der Waals surface area contributed by atoms with Crippen LogP contribution in [0.25, 0.3) is 0 Å². The summed E-state index contributed by atoms with van der Waals surface area (Å²) in [4.78, 5) is 10.7. The van der Waals surface area contributed by atoms with Crippen LogP contribution in [0.2, 0.25) is 0 Å². The lowest BCUT2D eigenvalue weighted by atomic mass is 10.1. The Balaban J connectivity index is 1.55. The Morgan fingerprint density at radius 3 is 2.88 bits per heavy atom. The second kappa shape index (κ2) is 5.41. The van der Waals surface area contributed by atoms with E-state index in [1.54, 1.807) is 0 Å². The van der Waals surface area contributed by atoms with E-state index in [9.17, 15) is 4.79 Å².